The van der Waals surface area contributed by atoms with Gasteiger partial charge in [0.2, 0.25) is 0 Å². The number of anilines is 1. The van der Waals surface area contributed by atoms with Gasteiger partial charge in [0.05, 0.1) is 16.8 Å². The number of amides is 2. The molecule has 23 heavy (non-hydrogen) atoms. The summed E-state index contributed by atoms with van der Waals surface area (Å²) in [6.45, 7) is 4.22. The first kappa shape index (κ1) is 16.7. The van der Waals surface area contributed by atoms with Crippen LogP contribution < -0.4 is 10.2 Å². The van der Waals surface area contributed by atoms with Gasteiger partial charge < -0.3 is 19.9 Å². The van der Waals surface area contributed by atoms with E-state index in [1.807, 2.05) is 11.0 Å². The number of ether oxygens (including phenoxy) is 1. The van der Waals surface area contributed by atoms with Crippen molar-refractivity contribution in [2.75, 3.05) is 44.2 Å². The number of halogens is 2. The zero-order valence-corrected chi connectivity index (χ0v) is 14.4. The first-order valence-electron chi connectivity index (χ1n) is 7.98. The molecule has 5 nitrogen and oxygen atoms in total. The molecule has 0 aliphatic carbocycles. The van der Waals surface area contributed by atoms with Gasteiger partial charge in [0.15, 0.2) is 0 Å². The van der Waals surface area contributed by atoms with Crippen molar-refractivity contribution in [3.63, 3.8) is 0 Å². The van der Waals surface area contributed by atoms with E-state index in [1.165, 1.54) is 0 Å². The Kier molecular flexibility index (Phi) is 5.51. The standard InChI is InChI=1S/C16H21Cl2N3O2/c17-12-3-4-14(18)15(10-12)20-5-7-21(8-6-20)16(22)19-11-13-2-1-9-23-13/h3-4,10,13H,1-2,5-9,11H2,(H,19,22). The molecule has 2 amide bonds. The molecule has 2 fully saturated rings. The third kappa shape index (κ3) is 4.22. The molecule has 7 heteroatoms. The van der Waals surface area contributed by atoms with Gasteiger partial charge in [-0.2, -0.15) is 0 Å². The lowest BCUT2D eigenvalue weighted by atomic mass is 10.2. The molecule has 0 spiro atoms. The van der Waals surface area contributed by atoms with Crippen LogP contribution in [0.1, 0.15) is 12.8 Å². The third-order valence-electron chi connectivity index (χ3n) is 4.32. The van der Waals surface area contributed by atoms with Crippen LogP contribution in [0.3, 0.4) is 0 Å². The molecule has 2 aliphatic rings. The minimum absolute atomic E-state index is 0.0164. The van der Waals surface area contributed by atoms with Crippen LogP contribution in [0, 0.1) is 0 Å². The van der Waals surface area contributed by atoms with E-state index in [0.717, 1.165) is 38.2 Å². The zero-order chi connectivity index (χ0) is 16.2. The number of hydrogen-bond acceptors (Lipinski definition) is 3. The number of carbonyl (C=O) groups excluding carboxylic acids is 1. The minimum Gasteiger partial charge on any atom is -0.376 e. The summed E-state index contributed by atoms with van der Waals surface area (Å²) in [5, 5.41) is 4.32. The molecule has 2 aliphatic heterocycles. The van der Waals surface area contributed by atoms with Crippen molar-refractivity contribution in [2.24, 2.45) is 0 Å². The van der Waals surface area contributed by atoms with Crippen LogP contribution in [0.2, 0.25) is 10.0 Å². The number of urea groups is 1. The van der Waals surface area contributed by atoms with Crippen LogP contribution in [0.4, 0.5) is 10.5 Å². The molecule has 1 aromatic rings. The van der Waals surface area contributed by atoms with Crippen molar-refractivity contribution >= 4 is 34.9 Å². The molecule has 1 atom stereocenters. The zero-order valence-electron chi connectivity index (χ0n) is 12.9. The van der Waals surface area contributed by atoms with Crippen LogP contribution in [0.25, 0.3) is 0 Å². The molecule has 3 rings (SSSR count). The summed E-state index contributed by atoms with van der Waals surface area (Å²) in [6.07, 6.45) is 2.28. The van der Waals surface area contributed by atoms with Crippen molar-refractivity contribution < 1.29 is 9.53 Å². The van der Waals surface area contributed by atoms with Gasteiger partial charge in [-0.05, 0) is 31.0 Å². The predicted molar refractivity (Wildman–Crippen MR) is 92.6 cm³/mol. The van der Waals surface area contributed by atoms with E-state index >= 15 is 0 Å². The highest BCUT2D eigenvalue weighted by Crippen LogP contribution is 2.29. The molecule has 0 bridgehead atoms. The molecule has 2 saturated heterocycles. The molecule has 1 unspecified atom stereocenters. The second-order valence-corrected chi connectivity index (χ2v) is 6.73. The monoisotopic (exact) mass is 357 g/mol. The number of nitrogens with one attached hydrogen (secondary N) is 1. The smallest absolute Gasteiger partial charge is 0.317 e. The lowest BCUT2D eigenvalue weighted by Gasteiger charge is -2.36. The van der Waals surface area contributed by atoms with E-state index in [2.05, 4.69) is 10.2 Å². The average Bonchev–Trinajstić information content (AvgIpc) is 3.08. The van der Waals surface area contributed by atoms with Crippen molar-refractivity contribution in [2.45, 2.75) is 18.9 Å². The van der Waals surface area contributed by atoms with E-state index < -0.39 is 0 Å². The second kappa shape index (κ2) is 7.60. The minimum atomic E-state index is -0.0164. The number of benzene rings is 1. The molecule has 1 N–H and O–H groups in total. The number of piperazine rings is 1. The van der Waals surface area contributed by atoms with Gasteiger partial charge in [-0.15, -0.1) is 0 Å². The van der Waals surface area contributed by atoms with Gasteiger partial charge in [-0.3, -0.25) is 0 Å². The lowest BCUT2D eigenvalue weighted by molar-refractivity contribution is 0.108. The first-order valence-corrected chi connectivity index (χ1v) is 8.73. The summed E-state index contributed by atoms with van der Waals surface area (Å²) in [6, 6.07) is 5.44. The third-order valence-corrected chi connectivity index (χ3v) is 4.88. The van der Waals surface area contributed by atoms with Gasteiger partial charge >= 0.3 is 6.03 Å². The van der Waals surface area contributed by atoms with Crippen LogP contribution in [0.5, 0.6) is 0 Å². The highest BCUT2D eigenvalue weighted by molar-refractivity contribution is 6.35. The van der Waals surface area contributed by atoms with Crippen molar-refractivity contribution in [3.05, 3.63) is 28.2 Å². The van der Waals surface area contributed by atoms with Crippen LogP contribution in [-0.2, 0) is 4.74 Å². The number of rotatable bonds is 3. The van der Waals surface area contributed by atoms with Gasteiger partial charge in [0.1, 0.15) is 0 Å². The van der Waals surface area contributed by atoms with E-state index in [-0.39, 0.29) is 12.1 Å². The summed E-state index contributed by atoms with van der Waals surface area (Å²) in [5.74, 6) is 0. The maximum atomic E-state index is 12.2. The van der Waals surface area contributed by atoms with Gasteiger partial charge in [-0.25, -0.2) is 4.79 Å². The quantitative estimate of drug-likeness (QED) is 0.904. The van der Waals surface area contributed by atoms with Crippen LogP contribution in [-0.4, -0.2) is 56.4 Å². The molecule has 126 valence electrons. The van der Waals surface area contributed by atoms with Crippen molar-refractivity contribution in [3.8, 4) is 0 Å². The fourth-order valence-electron chi connectivity index (χ4n) is 3.00. The van der Waals surface area contributed by atoms with E-state index in [9.17, 15) is 4.79 Å². The maximum absolute atomic E-state index is 12.2. The Labute approximate surface area is 146 Å². The Hall–Kier alpha value is -1.17. The van der Waals surface area contributed by atoms with Gasteiger partial charge in [0, 0.05) is 44.4 Å². The normalized spacial score (nSPS) is 21.6. The summed E-state index contributed by atoms with van der Waals surface area (Å²) in [7, 11) is 0. The average molecular weight is 358 g/mol. The Morgan fingerprint density at radius 1 is 1.26 bits per heavy atom. The number of hydrogen-bond donors (Lipinski definition) is 1. The highest BCUT2D eigenvalue weighted by Gasteiger charge is 2.23. The summed E-state index contributed by atoms with van der Waals surface area (Å²) in [5.41, 5.74) is 0.929. The second-order valence-electron chi connectivity index (χ2n) is 5.89. The first-order chi connectivity index (χ1) is 11.1. The van der Waals surface area contributed by atoms with Gasteiger partial charge in [-0.1, -0.05) is 23.2 Å². The molecule has 0 radical (unpaired) electrons. The Morgan fingerprint density at radius 2 is 2.04 bits per heavy atom. The summed E-state index contributed by atoms with van der Waals surface area (Å²) in [4.78, 5) is 16.2. The molecular formula is C16H21Cl2N3O2. The van der Waals surface area contributed by atoms with Crippen molar-refractivity contribution in [1.29, 1.82) is 0 Å². The summed E-state index contributed by atoms with van der Waals surface area (Å²) >= 11 is 12.3. The van der Waals surface area contributed by atoms with Crippen molar-refractivity contribution in [1.82, 2.24) is 10.2 Å². The summed E-state index contributed by atoms with van der Waals surface area (Å²) < 4.78 is 5.52. The Bertz CT molecular complexity index is 556. The molecule has 2 heterocycles. The maximum Gasteiger partial charge on any atom is 0.317 e. The van der Waals surface area contributed by atoms with Crippen LogP contribution >= 0.6 is 23.2 Å². The number of nitrogens with zero attached hydrogens (tertiary/aromatic N) is 2. The fourth-order valence-corrected chi connectivity index (χ4v) is 3.40. The Morgan fingerprint density at radius 3 is 2.74 bits per heavy atom. The SMILES string of the molecule is O=C(NCC1CCCO1)N1CCN(c2cc(Cl)ccc2Cl)CC1. The largest absolute Gasteiger partial charge is 0.376 e. The molecule has 0 aromatic heterocycles. The topological polar surface area (TPSA) is 44.8 Å². The molecular weight excluding hydrogens is 337 g/mol. The predicted octanol–water partition coefficient (Wildman–Crippen LogP) is 3.00. The molecule has 0 saturated carbocycles. The number of carbonyl (C=O) groups is 1. The lowest BCUT2D eigenvalue weighted by Crippen LogP contribution is -2.52. The highest BCUT2D eigenvalue weighted by atomic mass is 35.5. The van der Waals surface area contributed by atoms with E-state index in [4.69, 9.17) is 27.9 Å². The fraction of sp³-hybridized carbons (Fsp3) is 0.562. The molecule has 1 aromatic carbocycles. The van der Waals surface area contributed by atoms with E-state index in [1.54, 1.807) is 12.1 Å². The van der Waals surface area contributed by atoms with Crippen LogP contribution in [0.15, 0.2) is 18.2 Å². The Balaban J connectivity index is 1.49. The van der Waals surface area contributed by atoms with E-state index in [0.29, 0.717) is 29.7 Å². The van der Waals surface area contributed by atoms with Gasteiger partial charge in [0.25, 0.3) is 0 Å².